The Hall–Kier alpha value is -0.470. The molecule has 0 amide bonds. The van der Waals surface area contributed by atoms with E-state index in [0.717, 1.165) is 11.4 Å². The van der Waals surface area contributed by atoms with Crippen LogP contribution in [0.4, 0.5) is 5.69 Å². The molecule has 0 atom stereocenters. The highest BCUT2D eigenvalue weighted by Crippen LogP contribution is 2.27. The van der Waals surface area contributed by atoms with E-state index >= 15 is 0 Å². The van der Waals surface area contributed by atoms with Crippen molar-refractivity contribution in [3.05, 3.63) is 29.8 Å². The van der Waals surface area contributed by atoms with Gasteiger partial charge in [0.2, 0.25) is 0 Å². The lowest BCUT2D eigenvalue weighted by atomic mass is 10.2. The molecule has 1 aromatic carbocycles. The van der Waals surface area contributed by atoms with Gasteiger partial charge in [-0.25, -0.2) is 0 Å². The van der Waals surface area contributed by atoms with Crippen LogP contribution in [0.15, 0.2) is 24.3 Å². The average Bonchev–Trinajstić information content (AvgIpc) is 2.02. The second-order valence-electron chi connectivity index (χ2n) is 4.22. The zero-order valence-electron chi connectivity index (χ0n) is 8.63. The molecule has 3 N–H and O–H groups in total. The molecule has 2 heteroatoms. The van der Waals surface area contributed by atoms with E-state index in [1.807, 2.05) is 11.8 Å². The van der Waals surface area contributed by atoms with E-state index in [1.54, 1.807) is 0 Å². The molecule has 0 radical (unpaired) electrons. The molecule has 72 valence electrons. The Balaban J connectivity index is 2.51. The Morgan fingerprint density at radius 3 is 2.15 bits per heavy atom. The third-order valence-electron chi connectivity index (χ3n) is 1.69. The normalized spacial score (nSPS) is 11.7. The number of hydrogen-bond acceptors (Lipinski definition) is 1. The third kappa shape index (κ3) is 4.34. The second-order valence-corrected chi connectivity index (χ2v) is 6.02. The molecule has 0 aliphatic heterocycles. The number of quaternary nitrogens is 1. The highest BCUT2D eigenvalue weighted by Gasteiger charge is 2.10. The summed E-state index contributed by atoms with van der Waals surface area (Å²) in [5, 5.41) is 0. The van der Waals surface area contributed by atoms with Gasteiger partial charge in [0.1, 0.15) is 5.69 Å². The minimum Gasteiger partial charge on any atom is -0.325 e. The lowest BCUT2D eigenvalue weighted by molar-refractivity contribution is -0.254. The Morgan fingerprint density at radius 2 is 1.69 bits per heavy atom. The number of benzene rings is 1. The van der Waals surface area contributed by atoms with Gasteiger partial charge in [-0.05, 0) is 17.7 Å². The monoisotopic (exact) mass is 196 g/mol. The first-order valence-electron chi connectivity index (χ1n) is 4.52. The highest BCUT2D eigenvalue weighted by molar-refractivity contribution is 7.99. The molecule has 1 aromatic rings. The van der Waals surface area contributed by atoms with Gasteiger partial charge in [0.05, 0.1) is 0 Å². The Labute approximate surface area is 84.7 Å². The summed E-state index contributed by atoms with van der Waals surface area (Å²) in [7, 11) is 0. The summed E-state index contributed by atoms with van der Waals surface area (Å²) < 4.78 is 0.350. The Bertz CT molecular complexity index is 258. The minimum absolute atomic E-state index is 0.350. The third-order valence-corrected chi connectivity index (χ3v) is 3.04. The van der Waals surface area contributed by atoms with Gasteiger partial charge in [0, 0.05) is 10.5 Å². The van der Waals surface area contributed by atoms with E-state index < -0.39 is 0 Å². The largest absolute Gasteiger partial charge is 0.325 e. The van der Waals surface area contributed by atoms with Gasteiger partial charge in [-0.2, -0.15) is 11.8 Å². The van der Waals surface area contributed by atoms with Crippen molar-refractivity contribution in [1.29, 1.82) is 0 Å². The van der Waals surface area contributed by atoms with Crippen LogP contribution in [0.5, 0.6) is 0 Å². The first-order valence-corrected chi connectivity index (χ1v) is 5.51. The van der Waals surface area contributed by atoms with Gasteiger partial charge in [-0.3, -0.25) is 0 Å². The molecule has 0 aliphatic rings. The highest BCUT2D eigenvalue weighted by atomic mass is 32.2. The fourth-order valence-electron chi connectivity index (χ4n) is 0.935. The van der Waals surface area contributed by atoms with Crippen LogP contribution in [-0.2, 0) is 5.75 Å². The van der Waals surface area contributed by atoms with Crippen molar-refractivity contribution in [2.45, 2.75) is 31.3 Å². The van der Waals surface area contributed by atoms with E-state index in [0.29, 0.717) is 4.75 Å². The van der Waals surface area contributed by atoms with Crippen LogP contribution in [0.25, 0.3) is 0 Å². The molecule has 1 rings (SSSR count). The van der Waals surface area contributed by atoms with Gasteiger partial charge in [0.15, 0.2) is 0 Å². The maximum atomic E-state index is 3.86. The summed E-state index contributed by atoms with van der Waals surface area (Å²) in [4.78, 5) is 0. The molecule has 0 aromatic heterocycles. The zero-order chi connectivity index (χ0) is 9.90. The van der Waals surface area contributed by atoms with Crippen molar-refractivity contribution in [1.82, 2.24) is 0 Å². The van der Waals surface area contributed by atoms with Crippen molar-refractivity contribution in [2.75, 3.05) is 0 Å². The molecule has 0 aliphatic carbocycles. The van der Waals surface area contributed by atoms with Gasteiger partial charge >= 0.3 is 0 Å². The zero-order valence-corrected chi connectivity index (χ0v) is 9.45. The maximum Gasteiger partial charge on any atom is 0.127 e. The molecule has 1 nitrogen and oxygen atoms in total. The molecular formula is C11H18NS+. The maximum absolute atomic E-state index is 3.86. The van der Waals surface area contributed by atoms with Gasteiger partial charge in [0.25, 0.3) is 0 Å². The van der Waals surface area contributed by atoms with E-state index in [4.69, 9.17) is 0 Å². The van der Waals surface area contributed by atoms with Crippen LogP contribution in [0, 0.1) is 0 Å². The van der Waals surface area contributed by atoms with Crippen LogP contribution in [0.3, 0.4) is 0 Å². The van der Waals surface area contributed by atoms with Crippen molar-refractivity contribution < 1.29 is 5.73 Å². The number of rotatable bonds is 2. The summed E-state index contributed by atoms with van der Waals surface area (Å²) in [6, 6.07) is 8.44. The lowest BCUT2D eigenvalue weighted by Gasteiger charge is -2.17. The molecule has 0 bridgehead atoms. The van der Waals surface area contributed by atoms with Crippen molar-refractivity contribution in [3.8, 4) is 0 Å². The first kappa shape index (κ1) is 10.6. The van der Waals surface area contributed by atoms with Gasteiger partial charge in [-0.1, -0.05) is 32.9 Å². The SMILES string of the molecule is CC(C)(C)SCc1ccc([NH3+])cc1. The summed E-state index contributed by atoms with van der Waals surface area (Å²) in [5.74, 6) is 1.09. The second kappa shape index (κ2) is 4.16. The molecule has 0 heterocycles. The quantitative estimate of drug-likeness (QED) is 0.773. The van der Waals surface area contributed by atoms with Crippen molar-refractivity contribution in [2.24, 2.45) is 0 Å². The Kier molecular flexibility index (Phi) is 3.40. The smallest absolute Gasteiger partial charge is 0.127 e. The predicted molar refractivity (Wildman–Crippen MR) is 60.0 cm³/mol. The molecule has 0 fully saturated rings. The lowest BCUT2D eigenvalue weighted by Crippen LogP contribution is -2.39. The first-order chi connectivity index (χ1) is 5.97. The average molecular weight is 196 g/mol. The fourth-order valence-corrected chi connectivity index (χ4v) is 1.73. The molecule has 0 saturated carbocycles. The van der Waals surface area contributed by atoms with Gasteiger partial charge < -0.3 is 5.73 Å². The van der Waals surface area contributed by atoms with Crippen LogP contribution >= 0.6 is 11.8 Å². The molecule has 13 heavy (non-hydrogen) atoms. The van der Waals surface area contributed by atoms with E-state index in [9.17, 15) is 0 Å². The van der Waals surface area contributed by atoms with Gasteiger partial charge in [-0.15, -0.1) is 0 Å². The molecule has 0 unspecified atom stereocenters. The number of thioether (sulfide) groups is 1. The standard InChI is InChI=1S/C11H17NS/c1-11(2,3)13-8-9-4-6-10(12)7-5-9/h4-7H,8,12H2,1-3H3/p+1. The Morgan fingerprint density at radius 1 is 1.15 bits per heavy atom. The van der Waals surface area contributed by atoms with E-state index in [2.05, 4.69) is 50.8 Å². The van der Waals surface area contributed by atoms with E-state index in [-0.39, 0.29) is 0 Å². The van der Waals surface area contributed by atoms with E-state index in [1.165, 1.54) is 5.56 Å². The van der Waals surface area contributed by atoms with Crippen LogP contribution in [-0.4, -0.2) is 4.75 Å². The predicted octanol–water partition coefficient (Wildman–Crippen LogP) is 2.59. The summed E-state index contributed by atoms with van der Waals surface area (Å²) in [6.07, 6.45) is 0. The van der Waals surface area contributed by atoms with Crippen LogP contribution in [0.2, 0.25) is 0 Å². The topological polar surface area (TPSA) is 27.6 Å². The van der Waals surface area contributed by atoms with Crippen molar-refractivity contribution >= 4 is 17.4 Å². The minimum atomic E-state index is 0.350. The summed E-state index contributed by atoms with van der Waals surface area (Å²) in [6.45, 7) is 6.73. The van der Waals surface area contributed by atoms with Crippen LogP contribution < -0.4 is 5.73 Å². The summed E-state index contributed by atoms with van der Waals surface area (Å²) in [5.41, 5.74) is 6.33. The fraction of sp³-hybridized carbons (Fsp3) is 0.455. The van der Waals surface area contributed by atoms with Crippen LogP contribution in [0.1, 0.15) is 26.3 Å². The summed E-state index contributed by atoms with van der Waals surface area (Å²) >= 11 is 1.97. The molecular weight excluding hydrogens is 178 g/mol. The molecule has 0 spiro atoms. The van der Waals surface area contributed by atoms with Crippen molar-refractivity contribution in [3.63, 3.8) is 0 Å². The number of hydrogen-bond donors (Lipinski definition) is 1. The molecule has 0 saturated heterocycles.